The van der Waals surface area contributed by atoms with E-state index in [2.05, 4.69) is 41.6 Å². The van der Waals surface area contributed by atoms with Gasteiger partial charge in [-0.1, -0.05) is 52.9 Å². The molecular formula is C17H24INO3. The Morgan fingerprint density at radius 3 is 2.50 bits per heavy atom. The van der Waals surface area contributed by atoms with Crippen molar-refractivity contribution in [1.29, 1.82) is 0 Å². The molecule has 22 heavy (non-hydrogen) atoms. The van der Waals surface area contributed by atoms with Gasteiger partial charge < -0.3 is 14.4 Å². The number of amides is 1. The van der Waals surface area contributed by atoms with Crippen molar-refractivity contribution in [2.45, 2.75) is 49.4 Å². The fourth-order valence-corrected chi connectivity index (χ4v) is 3.28. The van der Waals surface area contributed by atoms with E-state index in [1.54, 1.807) is 4.90 Å². The zero-order valence-electron chi connectivity index (χ0n) is 13.6. The van der Waals surface area contributed by atoms with E-state index in [0.717, 1.165) is 5.56 Å². The summed E-state index contributed by atoms with van der Waals surface area (Å²) in [5, 5.41) is 0. The summed E-state index contributed by atoms with van der Waals surface area (Å²) in [5.41, 5.74) is 0.690. The van der Waals surface area contributed by atoms with Crippen LogP contribution >= 0.6 is 22.6 Å². The van der Waals surface area contributed by atoms with Crippen molar-refractivity contribution in [3.63, 3.8) is 0 Å². The first-order chi connectivity index (χ1) is 10.3. The van der Waals surface area contributed by atoms with E-state index in [-0.39, 0.29) is 22.2 Å². The van der Waals surface area contributed by atoms with Gasteiger partial charge in [-0.05, 0) is 33.3 Å². The fourth-order valence-electron chi connectivity index (χ4n) is 2.40. The van der Waals surface area contributed by atoms with Crippen LogP contribution in [0.1, 0.15) is 39.4 Å². The van der Waals surface area contributed by atoms with Crippen molar-refractivity contribution in [2.75, 3.05) is 13.1 Å². The first-order valence-corrected chi connectivity index (χ1v) is 8.83. The summed E-state index contributed by atoms with van der Waals surface area (Å²) in [6.45, 7) is 8.95. The zero-order valence-corrected chi connectivity index (χ0v) is 15.7. The molecule has 1 heterocycles. The smallest absolute Gasteiger partial charge is 0.410 e. The minimum Gasteiger partial charge on any atom is -0.444 e. The van der Waals surface area contributed by atoms with Gasteiger partial charge in [0.1, 0.15) is 5.60 Å². The number of halogens is 1. The second-order valence-corrected chi connectivity index (χ2v) is 8.23. The highest BCUT2D eigenvalue weighted by molar-refractivity contribution is 14.1. The number of hydrogen-bond donors (Lipinski definition) is 0. The minimum atomic E-state index is -0.464. The van der Waals surface area contributed by atoms with E-state index in [0.29, 0.717) is 13.1 Å². The number of hydrogen-bond acceptors (Lipinski definition) is 3. The third-order valence-electron chi connectivity index (χ3n) is 3.50. The molecule has 3 unspecified atom stereocenters. The van der Waals surface area contributed by atoms with Crippen LogP contribution in [0.25, 0.3) is 0 Å². The molecule has 1 saturated heterocycles. The maximum atomic E-state index is 12.2. The first-order valence-electron chi connectivity index (χ1n) is 7.58. The number of benzene rings is 1. The molecule has 0 saturated carbocycles. The summed E-state index contributed by atoms with van der Waals surface area (Å²) < 4.78 is 11.9. The highest BCUT2D eigenvalue weighted by Gasteiger charge is 2.37. The molecule has 1 aliphatic rings. The molecule has 0 bridgehead atoms. The van der Waals surface area contributed by atoms with Gasteiger partial charge in [-0.15, -0.1) is 0 Å². The van der Waals surface area contributed by atoms with Gasteiger partial charge in [-0.25, -0.2) is 4.79 Å². The van der Waals surface area contributed by atoms with Gasteiger partial charge in [0, 0.05) is 6.54 Å². The van der Waals surface area contributed by atoms with Crippen LogP contribution in [0.5, 0.6) is 0 Å². The lowest BCUT2D eigenvalue weighted by atomic mass is 10.1. The number of alkyl halides is 1. The molecule has 1 aromatic rings. The average molecular weight is 417 g/mol. The van der Waals surface area contributed by atoms with Crippen LogP contribution < -0.4 is 0 Å². The van der Waals surface area contributed by atoms with Gasteiger partial charge in [0.05, 0.1) is 22.7 Å². The van der Waals surface area contributed by atoms with Crippen LogP contribution in [-0.2, 0) is 9.47 Å². The Balaban J connectivity index is 1.92. The first kappa shape index (κ1) is 17.5. The predicted octanol–water partition coefficient (Wildman–Crippen LogP) is 4.19. The molecule has 1 fully saturated rings. The van der Waals surface area contributed by atoms with Gasteiger partial charge in [0.15, 0.2) is 0 Å². The normalized spacial score (nSPS) is 23.4. The Kier molecular flexibility index (Phi) is 5.71. The molecule has 1 aromatic carbocycles. The molecule has 0 N–H and O–H groups in total. The summed E-state index contributed by atoms with van der Waals surface area (Å²) >= 11 is 2.36. The molecule has 3 atom stereocenters. The molecule has 5 heteroatoms. The van der Waals surface area contributed by atoms with Crippen molar-refractivity contribution in [1.82, 2.24) is 4.90 Å². The third kappa shape index (κ3) is 4.84. The molecule has 0 radical (unpaired) electrons. The maximum absolute atomic E-state index is 12.2. The van der Waals surface area contributed by atoms with Gasteiger partial charge in [-0.2, -0.15) is 0 Å². The van der Waals surface area contributed by atoms with Crippen LogP contribution in [0.15, 0.2) is 30.3 Å². The Morgan fingerprint density at radius 2 is 1.91 bits per heavy atom. The maximum Gasteiger partial charge on any atom is 0.410 e. The number of ether oxygens (including phenoxy) is 2. The molecule has 0 aliphatic carbocycles. The van der Waals surface area contributed by atoms with E-state index in [1.165, 1.54) is 0 Å². The van der Waals surface area contributed by atoms with Crippen molar-refractivity contribution < 1.29 is 14.3 Å². The van der Waals surface area contributed by atoms with Crippen molar-refractivity contribution in [2.24, 2.45) is 0 Å². The number of nitrogens with zero attached hydrogens (tertiary/aromatic N) is 1. The lowest BCUT2D eigenvalue weighted by Gasteiger charge is -2.24. The number of likely N-dealkylation sites (tertiary alicyclic amines) is 1. The van der Waals surface area contributed by atoms with E-state index in [4.69, 9.17) is 9.47 Å². The van der Waals surface area contributed by atoms with Crippen LogP contribution in [0.4, 0.5) is 4.79 Å². The van der Waals surface area contributed by atoms with Gasteiger partial charge >= 0.3 is 6.09 Å². The molecule has 2 rings (SSSR count). The summed E-state index contributed by atoms with van der Waals surface area (Å²) in [6, 6.07) is 10.1. The SMILES string of the molecule is CC(OC1CN(C(=O)OC(C)(C)C)CC1I)c1ccccc1. The summed E-state index contributed by atoms with van der Waals surface area (Å²) in [7, 11) is 0. The van der Waals surface area contributed by atoms with Crippen LogP contribution in [0, 0.1) is 0 Å². The monoisotopic (exact) mass is 417 g/mol. The highest BCUT2D eigenvalue weighted by atomic mass is 127. The number of carbonyl (C=O) groups excluding carboxylic acids is 1. The molecule has 0 spiro atoms. The van der Waals surface area contributed by atoms with E-state index >= 15 is 0 Å². The number of carbonyl (C=O) groups is 1. The summed E-state index contributed by atoms with van der Waals surface area (Å²) in [5.74, 6) is 0. The summed E-state index contributed by atoms with van der Waals surface area (Å²) in [4.78, 5) is 13.9. The molecule has 1 aliphatic heterocycles. The average Bonchev–Trinajstić information content (AvgIpc) is 2.79. The van der Waals surface area contributed by atoms with E-state index < -0.39 is 5.60 Å². The largest absolute Gasteiger partial charge is 0.444 e. The molecule has 1 amide bonds. The quantitative estimate of drug-likeness (QED) is 0.547. The second-order valence-electron chi connectivity index (χ2n) is 6.63. The Hall–Kier alpha value is -0.820. The Bertz CT molecular complexity index is 500. The van der Waals surface area contributed by atoms with Crippen molar-refractivity contribution in [3.8, 4) is 0 Å². The highest BCUT2D eigenvalue weighted by Crippen LogP contribution is 2.28. The second kappa shape index (κ2) is 7.17. The van der Waals surface area contributed by atoms with E-state index in [9.17, 15) is 4.79 Å². The van der Waals surface area contributed by atoms with Crippen molar-refractivity contribution in [3.05, 3.63) is 35.9 Å². The lowest BCUT2D eigenvalue weighted by Crippen LogP contribution is -2.36. The molecule has 0 aromatic heterocycles. The fraction of sp³-hybridized carbons (Fsp3) is 0.588. The number of rotatable bonds is 3. The van der Waals surface area contributed by atoms with E-state index in [1.807, 2.05) is 39.0 Å². The van der Waals surface area contributed by atoms with Crippen LogP contribution in [0.3, 0.4) is 0 Å². The summed E-state index contributed by atoms with van der Waals surface area (Å²) in [6.07, 6.45) is -0.210. The van der Waals surface area contributed by atoms with Crippen LogP contribution in [0.2, 0.25) is 0 Å². The Morgan fingerprint density at radius 1 is 1.27 bits per heavy atom. The molecule has 122 valence electrons. The van der Waals surface area contributed by atoms with Gasteiger partial charge in [-0.3, -0.25) is 0 Å². The predicted molar refractivity (Wildman–Crippen MR) is 95.3 cm³/mol. The Labute approximate surface area is 146 Å². The topological polar surface area (TPSA) is 38.8 Å². The molecule has 4 nitrogen and oxygen atoms in total. The third-order valence-corrected chi connectivity index (χ3v) is 4.69. The standard InChI is InChI=1S/C17H24INO3/c1-12(13-8-6-5-7-9-13)21-15-11-19(10-14(15)18)16(20)22-17(2,3)4/h5-9,12,14-15H,10-11H2,1-4H3. The van der Waals surface area contributed by atoms with Crippen LogP contribution in [-0.4, -0.2) is 39.7 Å². The van der Waals surface area contributed by atoms with Crippen molar-refractivity contribution >= 4 is 28.7 Å². The van der Waals surface area contributed by atoms with Gasteiger partial charge in [0.2, 0.25) is 0 Å². The molecular weight excluding hydrogens is 393 g/mol. The zero-order chi connectivity index (χ0) is 16.3. The lowest BCUT2D eigenvalue weighted by molar-refractivity contribution is -0.00133. The minimum absolute atomic E-state index is 0.0158. The van der Waals surface area contributed by atoms with Gasteiger partial charge in [0.25, 0.3) is 0 Å².